The summed E-state index contributed by atoms with van der Waals surface area (Å²) in [6, 6.07) is 23.2. The fraction of sp³-hybridized carbons (Fsp3) is 0.231. The number of hydrogen-bond donors (Lipinski definition) is 2. The predicted octanol–water partition coefficient (Wildman–Crippen LogP) is 5.06. The molecule has 1 heterocycles. The van der Waals surface area contributed by atoms with Crippen molar-refractivity contribution >= 4 is 28.9 Å². The first-order valence-corrected chi connectivity index (χ1v) is 10.6. The summed E-state index contributed by atoms with van der Waals surface area (Å²) in [7, 11) is 0. The lowest BCUT2D eigenvalue weighted by Crippen LogP contribution is -2.29. The van der Waals surface area contributed by atoms with Gasteiger partial charge in [-0.2, -0.15) is 0 Å². The van der Waals surface area contributed by atoms with Crippen LogP contribution in [0.2, 0.25) is 0 Å². The Kier molecular flexibility index (Phi) is 6.03. The van der Waals surface area contributed by atoms with E-state index in [-0.39, 0.29) is 18.4 Å². The van der Waals surface area contributed by atoms with Gasteiger partial charge in [-0.1, -0.05) is 50.2 Å². The largest absolute Gasteiger partial charge is 0.376 e. The monoisotopic (exact) mass is 413 g/mol. The van der Waals surface area contributed by atoms with Gasteiger partial charge in [-0.15, -0.1) is 0 Å². The molecule has 0 bridgehead atoms. The molecular weight excluding hydrogens is 386 g/mol. The highest BCUT2D eigenvalue weighted by Crippen LogP contribution is 2.29. The third-order valence-corrected chi connectivity index (χ3v) is 5.56. The second kappa shape index (κ2) is 9.04. The molecule has 0 unspecified atom stereocenters. The molecule has 3 aromatic carbocycles. The molecule has 5 nitrogen and oxygen atoms in total. The first kappa shape index (κ1) is 20.7. The molecule has 0 spiro atoms. The molecule has 1 aliphatic rings. The van der Waals surface area contributed by atoms with Gasteiger partial charge >= 0.3 is 0 Å². The van der Waals surface area contributed by atoms with Gasteiger partial charge in [-0.3, -0.25) is 9.59 Å². The molecule has 158 valence electrons. The molecule has 0 saturated carbocycles. The van der Waals surface area contributed by atoms with Crippen LogP contribution >= 0.6 is 0 Å². The quantitative estimate of drug-likeness (QED) is 0.594. The van der Waals surface area contributed by atoms with E-state index in [1.165, 1.54) is 11.1 Å². The molecule has 0 radical (unpaired) electrons. The number of anilines is 3. The molecule has 0 saturated heterocycles. The molecular formula is C26H27N3O2. The minimum Gasteiger partial charge on any atom is -0.376 e. The van der Waals surface area contributed by atoms with E-state index in [2.05, 4.69) is 30.5 Å². The first-order chi connectivity index (χ1) is 15.0. The summed E-state index contributed by atoms with van der Waals surface area (Å²) in [5.41, 5.74) is 5.53. The Morgan fingerprint density at radius 2 is 1.71 bits per heavy atom. The maximum absolute atomic E-state index is 13.0. The van der Waals surface area contributed by atoms with Crippen molar-refractivity contribution in [2.75, 3.05) is 28.6 Å². The van der Waals surface area contributed by atoms with Crippen LogP contribution in [0.1, 0.15) is 41.3 Å². The lowest BCUT2D eigenvalue weighted by Gasteiger charge is -2.18. The Balaban J connectivity index is 1.36. The van der Waals surface area contributed by atoms with Gasteiger partial charge in [-0.25, -0.2) is 0 Å². The number of carbonyl (C=O) groups excluding carboxylic acids is 2. The average Bonchev–Trinajstić information content (AvgIpc) is 3.22. The summed E-state index contributed by atoms with van der Waals surface area (Å²) in [5.74, 6) is 0.293. The zero-order valence-electron chi connectivity index (χ0n) is 17.9. The van der Waals surface area contributed by atoms with Crippen molar-refractivity contribution in [2.24, 2.45) is 0 Å². The smallest absolute Gasteiger partial charge is 0.258 e. The summed E-state index contributed by atoms with van der Waals surface area (Å²) < 4.78 is 0. The van der Waals surface area contributed by atoms with Crippen LogP contribution in [-0.4, -0.2) is 24.9 Å². The van der Waals surface area contributed by atoms with Crippen molar-refractivity contribution in [3.8, 4) is 0 Å². The summed E-state index contributed by atoms with van der Waals surface area (Å²) in [6.07, 6.45) is 0.873. The molecule has 0 aliphatic carbocycles. The molecule has 3 aromatic rings. The molecule has 2 N–H and O–H groups in total. The SMILES string of the molecule is CC(C)c1ccc(NC(=O)CNc2cccc(C(=O)N3CCc4ccccc43)c2)cc1. The number of carbonyl (C=O) groups is 2. The van der Waals surface area contributed by atoms with E-state index in [9.17, 15) is 9.59 Å². The van der Waals surface area contributed by atoms with Crippen LogP contribution in [0, 0.1) is 0 Å². The van der Waals surface area contributed by atoms with Gasteiger partial charge in [0.05, 0.1) is 6.54 Å². The van der Waals surface area contributed by atoms with Gasteiger partial charge in [0, 0.05) is 29.2 Å². The predicted molar refractivity (Wildman–Crippen MR) is 126 cm³/mol. The number of nitrogens with zero attached hydrogens (tertiary/aromatic N) is 1. The average molecular weight is 414 g/mol. The normalized spacial score (nSPS) is 12.5. The number of nitrogens with one attached hydrogen (secondary N) is 2. The van der Waals surface area contributed by atoms with Crippen molar-refractivity contribution in [3.05, 3.63) is 89.5 Å². The lowest BCUT2D eigenvalue weighted by molar-refractivity contribution is -0.114. The van der Waals surface area contributed by atoms with Crippen molar-refractivity contribution in [1.82, 2.24) is 0 Å². The number of rotatable bonds is 6. The van der Waals surface area contributed by atoms with Crippen LogP contribution in [-0.2, 0) is 11.2 Å². The van der Waals surface area contributed by atoms with Crippen molar-refractivity contribution in [3.63, 3.8) is 0 Å². The van der Waals surface area contributed by atoms with Gasteiger partial charge in [0.2, 0.25) is 5.91 Å². The molecule has 31 heavy (non-hydrogen) atoms. The summed E-state index contributed by atoms with van der Waals surface area (Å²) >= 11 is 0. The Labute approximate surface area is 183 Å². The maximum atomic E-state index is 13.0. The Hall–Kier alpha value is -3.60. The molecule has 2 amide bonds. The summed E-state index contributed by atoms with van der Waals surface area (Å²) in [4.78, 5) is 27.2. The van der Waals surface area contributed by atoms with Crippen LogP contribution in [0.3, 0.4) is 0 Å². The zero-order valence-corrected chi connectivity index (χ0v) is 17.9. The number of benzene rings is 3. The van der Waals surface area contributed by atoms with Gasteiger partial charge in [-0.05, 0) is 59.9 Å². The van der Waals surface area contributed by atoms with Gasteiger partial charge in [0.25, 0.3) is 5.91 Å². The van der Waals surface area contributed by atoms with Crippen molar-refractivity contribution < 1.29 is 9.59 Å². The molecule has 4 rings (SSSR count). The topological polar surface area (TPSA) is 61.4 Å². The molecule has 0 aromatic heterocycles. The lowest BCUT2D eigenvalue weighted by atomic mass is 10.0. The van der Waals surface area contributed by atoms with E-state index in [1.54, 1.807) is 6.07 Å². The van der Waals surface area contributed by atoms with E-state index in [1.807, 2.05) is 65.6 Å². The highest BCUT2D eigenvalue weighted by Gasteiger charge is 2.25. The van der Waals surface area contributed by atoms with Gasteiger partial charge in [0.1, 0.15) is 0 Å². The number of amides is 2. The van der Waals surface area contributed by atoms with E-state index >= 15 is 0 Å². The third-order valence-electron chi connectivity index (χ3n) is 5.56. The van der Waals surface area contributed by atoms with Gasteiger partial charge in [0.15, 0.2) is 0 Å². The van der Waals surface area contributed by atoms with Crippen molar-refractivity contribution in [1.29, 1.82) is 0 Å². The second-order valence-electron chi connectivity index (χ2n) is 8.09. The fourth-order valence-electron chi connectivity index (χ4n) is 3.81. The number of hydrogen-bond acceptors (Lipinski definition) is 3. The molecule has 0 fully saturated rings. The van der Waals surface area contributed by atoms with Crippen LogP contribution in [0.4, 0.5) is 17.1 Å². The maximum Gasteiger partial charge on any atom is 0.258 e. The van der Waals surface area contributed by atoms with Crippen LogP contribution < -0.4 is 15.5 Å². The van der Waals surface area contributed by atoms with Crippen LogP contribution in [0.15, 0.2) is 72.8 Å². The molecule has 0 atom stereocenters. The molecule has 5 heteroatoms. The third kappa shape index (κ3) is 4.77. The standard InChI is InChI=1S/C26H27N3O2/c1-18(2)19-10-12-22(13-11-19)28-25(30)17-27-23-8-5-7-21(16-23)26(31)29-15-14-20-6-3-4-9-24(20)29/h3-13,16,18,27H,14-15,17H2,1-2H3,(H,28,30). The van der Waals surface area contributed by atoms with E-state index in [0.717, 1.165) is 23.5 Å². The number of para-hydroxylation sites is 1. The highest BCUT2D eigenvalue weighted by atomic mass is 16.2. The minimum absolute atomic E-state index is 0.0247. The highest BCUT2D eigenvalue weighted by molar-refractivity contribution is 6.07. The second-order valence-corrected chi connectivity index (χ2v) is 8.09. The van der Waals surface area contributed by atoms with Crippen LogP contribution in [0.5, 0.6) is 0 Å². The van der Waals surface area contributed by atoms with Crippen molar-refractivity contribution in [2.45, 2.75) is 26.2 Å². The van der Waals surface area contributed by atoms with Crippen LogP contribution in [0.25, 0.3) is 0 Å². The Morgan fingerprint density at radius 1 is 0.935 bits per heavy atom. The molecule has 1 aliphatic heterocycles. The van der Waals surface area contributed by atoms with Gasteiger partial charge < -0.3 is 15.5 Å². The zero-order chi connectivity index (χ0) is 21.8. The fourth-order valence-corrected chi connectivity index (χ4v) is 3.81. The Bertz CT molecular complexity index is 1090. The van der Waals surface area contributed by atoms with E-state index in [0.29, 0.717) is 18.0 Å². The van der Waals surface area contributed by atoms with E-state index < -0.39 is 0 Å². The van der Waals surface area contributed by atoms with E-state index in [4.69, 9.17) is 0 Å². The Morgan fingerprint density at radius 3 is 2.48 bits per heavy atom. The first-order valence-electron chi connectivity index (χ1n) is 10.6. The summed E-state index contributed by atoms with van der Waals surface area (Å²) in [5, 5.41) is 6.01. The number of fused-ring (bicyclic) bond motifs is 1. The summed E-state index contributed by atoms with van der Waals surface area (Å²) in [6.45, 7) is 5.09. The minimum atomic E-state index is -0.137.